The fraction of sp³-hybridized carbons (Fsp3) is 0.688. The Morgan fingerprint density at radius 1 is 1.33 bits per heavy atom. The molecule has 1 fully saturated rings. The van der Waals surface area contributed by atoms with Gasteiger partial charge in [-0.05, 0) is 18.3 Å². The summed E-state index contributed by atoms with van der Waals surface area (Å²) in [6, 6.07) is 0.487. The monoisotopic (exact) mass is 306 g/mol. The van der Waals surface area contributed by atoms with Gasteiger partial charge in [0.2, 0.25) is 0 Å². The average molecular weight is 306 g/mol. The highest BCUT2D eigenvalue weighted by Crippen LogP contribution is 2.30. The maximum atomic E-state index is 4.91. The molecule has 0 aromatic carbocycles. The van der Waals surface area contributed by atoms with E-state index in [1.54, 1.807) is 11.3 Å². The zero-order valence-electron chi connectivity index (χ0n) is 13.5. The van der Waals surface area contributed by atoms with Crippen LogP contribution < -0.4 is 10.2 Å². The van der Waals surface area contributed by atoms with E-state index in [2.05, 4.69) is 53.9 Å². The van der Waals surface area contributed by atoms with E-state index >= 15 is 0 Å². The van der Waals surface area contributed by atoms with Crippen LogP contribution in [0.4, 0.5) is 5.82 Å². The number of nitrogens with zero attached hydrogens (tertiary/aromatic N) is 3. The second kappa shape index (κ2) is 5.97. The first-order valence-electron chi connectivity index (χ1n) is 7.97. The van der Waals surface area contributed by atoms with Crippen molar-refractivity contribution in [3.05, 3.63) is 17.3 Å². The molecule has 5 heteroatoms. The van der Waals surface area contributed by atoms with E-state index in [0.717, 1.165) is 36.4 Å². The van der Waals surface area contributed by atoms with Crippen LogP contribution in [0, 0.1) is 11.8 Å². The quantitative estimate of drug-likeness (QED) is 0.940. The number of imidazole rings is 1. The minimum absolute atomic E-state index is 0.487. The molecule has 2 aromatic heterocycles. The van der Waals surface area contributed by atoms with Crippen LogP contribution in [0.5, 0.6) is 0 Å². The Balaban J connectivity index is 1.92. The molecule has 1 saturated heterocycles. The molecule has 0 bridgehead atoms. The van der Waals surface area contributed by atoms with Crippen LogP contribution >= 0.6 is 11.3 Å². The van der Waals surface area contributed by atoms with Crippen LogP contribution in [-0.4, -0.2) is 28.5 Å². The standard InChI is InChI=1S/C16H26N4S/c1-11(2)17-8-14-15(18-16-20(14)5-6-21-16)19-9-12(3)7-13(4)10-19/h5-6,11-13,17H,7-10H2,1-4H3. The Morgan fingerprint density at radius 2 is 2.05 bits per heavy atom. The van der Waals surface area contributed by atoms with E-state index in [4.69, 9.17) is 4.98 Å². The lowest BCUT2D eigenvalue weighted by Crippen LogP contribution is -2.39. The Hall–Kier alpha value is -1.07. The number of anilines is 1. The summed E-state index contributed by atoms with van der Waals surface area (Å²) in [6.45, 7) is 12.2. The molecule has 3 heterocycles. The van der Waals surface area contributed by atoms with Crippen molar-refractivity contribution >= 4 is 22.1 Å². The maximum absolute atomic E-state index is 4.91. The molecule has 0 amide bonds. The molecule has 0 spiro atoms. The summed E-state index contributed by atoms with van der Waals surface area (Å²) >= 11 is 1.72. The van der Waals surface area contributed by atoms with Gasteiger partial charge < -0.3 is 10.2 Å². The van der Waals surface area contributed by atoms with Crippen LogP contribution in [0.2, 0.25) is 0 Å². The van der Waals surface area contributed by atoms with Gasteiger partial charge in [0, 0.05) is 37.3 Å². The zero-order valence-corrected chi connectivity index (χ0v) is 14.3. The van der Waals surface area contributed by atoms with Gasteiger partial charge in [-0.1, -0.05) is 27.7 Å². The van der Waals surface area contributed by atoms with Gasteiger partial charge >= 0.3 is 0 Å². The third-order valence-electron chi connectivity index (χ3n) is 4.19. The Bertz CT molecular complexity index is 590. The van der Waals surface area contributed by atoms with Gasteiger partial charge in [-0.2, -0.15) is 0 Å². The minimum Gasteiger partial charge on any atom is -0.354 e. The Morgan fingerprint density at radius 3 is 2.71 bits per heavy atom. The lowest BCUT2D eigenvalue weighted by atomic mass is 9.92. The summed E-state index contributed by atoms with van der Waals surface area (Å²) in [4.78, 5) is 8.51. The number of hydrogen-bond acceptors (Lipinski definition) is 4. The van der Waals surface area contributed by atoms with Gasteiger partial charge in [-0.3, -0.25) is 4.40 Å². The second-order valence-electron chi connectivity index (χ2n) is 6.82. The molecule has 2 unspecified atom stereocenters. The average Bonchev–Trinajstić information content (AvgIpc) is 2.95. The van der Waals surface area contributed by atoms with Gasteiger partial charge in [0.25, 0.3) is 0 Å². The summed E-state index contributed by atoms with van der Waals surface area (Å²) in [5, 5.41) is 5.67. The number of rotatable bonds is 4. The van der Waals surface area contributed by atoms with Crippen molar-refractivity contribution < 1.29 is 0 Å². The van der Waals surface area contributed by atoms with Crippen molar-refractivity contribution in [2.24, 2.45) is 11.8 Å². The van der Waals surface area contributed by atoms with E-state index in [1.165, 1.54) is 17.9 Å². The molecule has 116 valence electrons. The molecule has 1 aliphatic rings. The van der Waals surface area contributed by atoms with Crippen molar-refractivity contribution in [2.45, 2.75) is 46.7 Å². The SMILES string of the molecule is CC1CC(C)CN(c2nc3sccn3c2CNC(C)C)C1. The van der Waals surface area contributed by atoms with Crippen molar-refractivity contribution in [3.8, 4) is 0 Å². The largest absolute Gasteiger partial charge is 0.354 e. The highest BCUT2D eigenvalue weighted by atomic mass is 32.1. The molecule has 4 nitrogen and oxygen atoms in total. The molecule has 0 saturated carbocycles. The van der Waals surface area contributed by atoms with Gasteiger partial charge in [-0.15, -0.1) is 11.3 Å². The second-order valence-corrected chi connectivity index (χ2v) is 7.70. The van der Waals surface area contributed by atoms with E-state index in [1.807, 2.05) is 0 Å². The Kier molecular flexibility index (Phi) is 4.22. The molecular formula is C16H26N4S. The van der Waals surface area contributed by atoms with Crippen LogP contribution in [0.1, 0.15) is 39.8 Å². The highest BCUT2D eigenvalue weighted by molar-refractivity contribution is 7.15. The van der Waals surface area contributed by atoms with Crippen molar-refractivity contribution in [1.82, 2.24) is 14.7 Å². The van der Waals surface area contributed by atoms with Crippen molar-refractivity contribution in [1.29, 1.82) is 0 Å². The first kappa shape index (κ1) is 14.9. The first-order chi connectivity index (χ1) is 10.0. The summed E-state index contributed by atoms with van der Waals surface area (Å²) < 4.78 is 2.25. The van der Waals surface area contributed by atoms with E-state index in [-0.39, 0.29) is 0 Å². The molecule has 21 heavy (non-hydrogen) atoms. The third-order valence-corrected chi connectivity index (χ3v) is 4.94. The van der Waals surface area contributed by atoms with Crippen molar-refractivity contribution in [3.63, 3.8) is 0 Å². The van der Waals surface area contributed by atoms with Gasteiger partial charge in [0.15, 0.2) is 10.8 Å². The van der Waals surface area contributed by atoms with E-state index < -0.39 is 0 Å². The number of hydrogen-bond donors (Lipinski definition) is 1. The number of thiazole rings is 1. The van der Waals surface area contributed by atoms with Crippen LogP contribution in [-0.2, 0) is 6.54 Å². The van der Waals surface area contributed by atoms with Gasteiger partial charge in [0.05, 0.1) is 5.69 Å². The molecule has 1 N–H and O–H groups in total. The van der Waals surface area contributed by atoms with Crippen LogP contribution in [0.25, 0.3) is 4.96 Å². The highest BCUT2D eigenvalue weighted by Gasteiger charge is 2.26. The summed E-state index contributed by atoms with van der Waals surface area (Å²) in [6.07, 6.45) is 3.48. The number of piperidine rings is 1. The number of fused-ring (bicyclic) bond motifs is 1. The van der Waals surface area contributed by atoms with Gasteiger partial charge in [-0.25, -0.2) is 4.98 Å². The molecule has 1 aliphatic heterocycles. The smallest absolute Gasteiger partial charge is 0.195 e. The zero-order chi connectivity index (χ0) is 15.0. The fourth-order valence-corrected chi connectivity index (χ4v) is 4.10. The molecular weight excluding hydrogens is 280 g/mol. The molecule has 0 radical (unpaired) electrons. The van der Waals surface area contributed by atoms with Crippen LogP contribution in [0.15, 0.2) is 11.6 Å². The molecule has 2 atom stereocenters. The van der Waals surface area contributed by atoms with Crippen molar-refractivity contribution in [2.75, 3.05) is 18.0 Å². The topological polar surface area (TPSA) is 32.6 Å². The van der Waals surface area contributed by atoms with Gasteiger partial charge in [0.1, 0.15) is 0 Å². The maximum Gasteiger partial charge on any atom is 0.195 e. The molecule has 2 aromatic rings. The normalized spacial score (nSPS) is 23.4. The lowest BCUT2D eigenvalue weighted by Gasteiger charge is -2.35. The summed E-state index contributed by atoms with van der Waals surface area (Å²) in [5.74, 6) is 2.69. The molecule has 3 rings (SSSR count). The molecule has 0 aliphatic carbocycles. The number of nitrogens with one attached hydrogen (secondary N) is 1. The predicted octanol–water partition coefficient (Wildman–Crippen LogP) is 3.38. The fourth-order valence-electron chi connectivity index (χ4n) is 3.38. The third kappa shape index (κ3) is 3.09. The summed E-state index contributed by atoms with van der Waals surface area (Å²) in [7, 11) is 0. The summed E-state index contributed by atoms with van der Waals surface area (Å²) in [5.41, 5.74) is 1.31. The van der Waals surface area contributed by atoms with E-state index in [0.29, 0.717) is 6.04 Å². The minimum atomic E-state index is 0.487. The lowest BCUT2D eigenvalue weighted by molar-refractivity contribution is 0.355. The predicted molar refractivity (Wildman–Crippen MR) is 90.2 cm³/mol. The Labute approximate surface area is 131 Å². The van der Waals surface area contributed by atoms with Crippen LogP contribution in [0.3, 0.4) is 0 Å². The first-order valence-corrected chi connectivity index (χ1v) is 8.85. The number of aromatic nitrogens is 2. The van der Waals surface area contributed by atoms with E-state index in [9.17, 15) is 0 Å².